The minimum Gasteiger partial charge on any atom is -0.508 e. The molecule has 10 heteroatoms. The Morgan fingerprint density at radius 3 is 2.17 bits per heavy atom. The highest BCUT2D eigenvalue weighted by Gasteiger charge is 2.71. The first-order chi connectivity index (χ1) is 21.6. The van der Waals surface area contributed by atoms with E-state index in [9.17, 15) is 47.2 Å². The number of fused-ring (bicyclic) bond motifs is 6. The number of phenols is 1. The highest BCUT2D eigenvalue weighted by atomic mass is 19.4. The second-order valence-electron chi connectivity index (χ2n) is 15.3. The van der Waals surface area contributed by atoms with Crippen LogP contribution in [0.25, 0.3) is 0 Å². The molecule has 0 saturated heterocycles. The molecule has 0 amide bonds. The first-order valence-corrected chi connectivity index (χ1v) is 17.5. The summed E-state index contributed by atoms with van der Waals surface area (Å²) in [6.45, 7) is 2.39. The van der Waals surface area contributed by atoms with Crippen LogP contribution in [0.2, 0.25) is 0 Å². The van der Waals surface area contributed by atoms with Crippen LogP contribution in [0.3, 0.4) is 0 Å². The van der Waals surface area contributed by atoms with Gasteiger partial charge in [-0.25, -0.2) is 0 Å². The largest absolute Gasteiger partial charge is 0.508 e. The number of carboxylic acid groups (broad SMARTS) is 1. The third kappa shape index (κ3) is 6.68. The molecule has 0 heterocycles. The molecule has 46 heavy (non-hydrogen) atoms. The number of aliphatic hydroxyl groups is 2. The Balaban J connectivity index is 1.08. The molecule has 0 bridgehead atoms. The minimum absolute atomic E-state index is 0.0413. The van der Waals surface area contributed by atoms with E-state index in [1.807, 2.05) is 6.07 Å². The van der Waals surface area contributed by atoms with Crippen LogP contribution < -0.4 is 0 Å². The fourth-order valence-corrected chi connectivity index (χ4v) is 10.1. The first-order valence-electron chi connectivity index (χ1n) is 17.5. The molecule has 3 saturated carbocycles. The predicted octanol–water partition coefficient (Wildman–Crippen LogP) is 9.30. The van der Waals surface area contributed by atoms with E-state index >= 15 is 0 Å². The fraction of sp³-hybridized carbons (Fsp3) is 0.806. The van der Waals surface area contributed by atoms with Crippen molar-refractivity contribution >= 4 is 5.97 Å². The number of alkyl halides is 5. The lowest BCUT2D eigenvalue weighted by atomic mass is 9.50. The third-order valence-electron chi connectivity index (χ3n) is 12.8. The van der Waals surface area contributed by atoms with Crippen LogP contribution in [0.15, 0.2) is 18.2 Å². The number of aliphatic hydroxyl groups excluding tert-OH is 2. The van der Waals surface area contributed by atoms with Crippen molar-refractivity contribution in [2.24, 2.45) is 34.5 Å². The molecule has 0 aromatic heterocycles. The summed E-state index contributed by atoms with van der Waals surface area (Å²) in [7, 11) is 0. The number of aromatic hydroxyl groups is 1. The number of carbonyl (C=O) groups is 1. The van der Waals surface area contributed by atoms with Gasteiger partial charge >= 0.3 is 18.1 Å². The molecule has 3 fully saturated rings. The van der Waals surface area contributed by atoms with Crippen LogP contribution in [0.4, 0.5) is 22.0 Å². The minimum atomic E-state index is -5.62. The quantitative estimate of drug-likeness (QED) is 0.111. The van der Waals surface area contributed by atoms with Crippen LogP contribution in [0.1, 0.15) is 139 Å². The average Bonchev–Trinajstić information content (AvgIpc) is 3.77. The van der Waals surface area contributed by atoms with Crippen molar-refractivity contribution in [2.45, 2.75) is 146 Å². The number of hydrogen-bond acceptors (Lipinski definition) is 4. The monoisotopic (exact) mass is 658 g/mol. The van der Waals surface area contributed by atoms with Crippen molar-refractivity contribution < 1.29 is 47.2 Å². The molecular formula is C36H51F5O5. The molecule has 4 aliphatic rings. The molecule has 0 aliphatic heterocycles. The van der Waals surface area contributed by atoms with Gasteiger partial charge in [-0.15, -0.1) is 0 Å². The molecule has 8 atom stereocenters. The molecule has 260 valence electrons. The van der Waals surface area contributed by atoms with E-state index in [0.29, 0.717) is 24.2 Å². The molecule has 4 N–H and O–H groups in total. The van der Waals surface area contributed by atoms with Gasteiger partial charge in [0.2, 0.25) is 0 Å². The lowest BCUT2D eigenvalue weighted by Crippen LogP contribution is -2.47. The van der Waals surface area contributed by atoms with Gasteiger partial charge in [0.25, 0.3) is 0 Å². The molecule has 4 unspecified atom stereocenters. The summed E-state index contributed by atoms with van der Waals surface area (Å²) in [5, 5.41) is 42.5. The second-order valence-corrected chi connectivity index (χ2v) is 15.3. The van der Waals surface area contributed by atoms with Crippen molar-refractivity contribution in [1.29, 1.82) is 0 Å². The van der Waals surface area contributed by atoms with E-state index in [1.54, 1.807) is 12.1 Å². The lowest BCUT2D eigenvalue weighted by Gasteiger charge is -2.55. The van der Waals surface area contributed by atoms with Crippen molar-refractivity contribution in [3.63, 3.8) is 0 Å². The van der Waals surface area contributed by atoms with Gasteiger partial charge in [-0.1, -0.05) is 57.9 Å². The van der Waals surface area contributed by atoms with Crippen LogP contribution in [0, 0.1) is 34.5 Å². The van der Waals surface area contributed by atoms with Crippen LogP contribution in [0.5, 0.6) is 5.75 Å². The van der Waals surface area contributed by atoms with E-state index in [1.165, 1.54) is 0 Å². The van der Waals surface area contributed by atoms with E-state index in [0.717, 1.165) is 88.2 Å². The molecule has 4 aliphatic carbocycles. The van der Waals surface area contributed by atoms with Crippen molar-refractivity contribution in [3.05, 3.63) is 29.3 Å². The number of benzene rings is 1. The summed E-state index contributed by atoms with van der Waals surface area (Å²) in [5.74, 6) is -5.66. The zero-order valence-corrected chi connectivity index (χ0v) is 26.9. The molecular weight excluding hydrogens is 607 g/mol. The summed E-state index contributed by atoms with van der Waals surface area (Å²) in [6.07, 6.45) is 3.79. The Kier molecular flexibility index (Phi) is 10.4. The van der Waals surface area contributed by atoms with Gasteiger partial charge in [-0.3, -0.25) is 4.79 Å². The van der Waals surface area contributed by atoms with Gasteiger partial charge in [-0.05, 0) is 110 Å². The summed E-state index contributed by atoms with van der Waals surface area (Å²) in [4.78, 5) is 11.5. The Bertz CT molecular complexity index is 1220. The molecule has 5 nitrogen and oxygen atoms in total. The summed E-state index contributed by atoms with van der Waals surface area (Å²) < 4.78 is 63.4. The van der Waals surface area contributed by atoms with E-state index in [-0.39, 0.29) is 41.4 Å². The van der Waals surface area contributed by atoms with Gasteiger partial charge in [0, 0.05) is 11.8 Å². The van der Waals surface area contributed by atoms with Crippen molar-refractivity contribution in [1.82, 2.24) is 0 Å². The number of carboxylic acids is 1. The van der Waals surface area contributed by atoms with E-state index < -0.39 is 42.9 Å². The number of unbranched alkanes of at least 4 members (excludes halogenated alkanes) is 6. The molecule has 1 spiro atoms. The summed E-state index contributed by atoms with van der Waals surface area (Å²) in [6, 6.07) is 5.45. The highest BCUT2D eigenvalue weighted by Crippen LogP contribution is 2.76. The van der Waals surface area contributed by atoms with Gasteiger partial charge in [0.1, 0.15) is 5.75 Å². The zero-order valence-electron chi connectivity index (χ0n) is 26.9. The Labute approximate surface area is 269 Å². The third-order valence-corrected chi connectivity index (χ3v) is 12.8. The predicted molar refractivity (Wildman–Crippen MR) is 163 cm³/mol. The summed E-state index contributed by atoms with van der Waals surface area (Å²) in [5.41, 5.74) is 2.14. The number of hydrogen-bond donors (Lipinski definition) is 4. The standard InChI is InChI=1S/C36H51F5O5/c1-33-17-15-25-24-14-13-23(42)20-27(24)31(44)26(30(25)28(33)21-29(43)34(33)18-19-34)12-8-6-4-2-3-5-7-10-22(32(45)46)11-9-16-35(37,38)36(39,40)41/h13-14,20,22,25-26,28-31,42-44H,2-12,15-19,21H2,1H3,(H,45,46)/t22?,25?,26-,28?,29+,30?,31+,33-/m0/s1. The lowest BCUT2D eigenvalue weighted by molar-refractivity contribution is -0.284. The maximum atomic E-state index is 13.1. The van der Waals surface area contributed by atoms with Crippen molar-refractivity contribution in [3.8, 4) is 5.75 Å². The SMILES string of the molecule is C[C@]12CCC3c4ccc(O)cc4[C@H](O)[C@@H](CCCCCCCCCC(CCCC(F)(F)C(F)(F)F)C(=O)O)C3C1C[C@@H](O)C21CC1. The molecule has 1 aromatic rings. The Hall–Kier alpha value is -1.94. The van der Waals surface area contributed by atoms with E-state index in [4.69, 9.17) is 0 Å². The maximum absolute atomic E-state index is 13.1. The normalized spacial score (nSPS) is 32.1. The fourth-order valence-electron chi connectivity index (χ4n) is 10.1. The van der Waals surface area contributed by atoms with E-state index in [2.05, 4.69) is 6.92 Å². The van der Waals surface area contributed by atoms with Crippen LogP contribution in [-0.4, -0.2) is 44.6 Å². The van der Waals surface area contributed by atoms with Gasteiger partial charge in [-0.2, -0.15) is 22.0 Å². The Morgan fingerprint density at radius 1 is 0.913 bits per heavy atom. The first kappa shape index (κ1) is 35.4. The highest BCUT2D eigenvalue weighted by molar-refractivity contribution is 5.69. The second kappa shape index (κ2) is 13.5. The zero-order chi connectivity index (χ0) is 33.5. The Morgan fingerprint density at radius 2 is 1.54 bits per heavy atom. The smallest absolute Gasteiger partial charge is 0.453 e. The van der Waals surface area contributed by atoms with Gasteiger partial charge in [0.15, 0.2) is 0 Å². The average molecular weight is 659 g/mol. The molecule has 0 radical (unpaired) electrons. The number of aliphatic carboxylic acids is 1. The molecule has 5 rings (SSSR count). The van der Waals surface area contributed by atoms with Crippen LogP contribution in [-0.2, 0) is 4.79 Å². The molecule has 1 aromatic carbocycles. The number of halogens is 5. The van der Waals surface area contributed by atoms with Gasteiger partial charge < -0.3 is 20.4 Å². The topological polar surface area (TPSA) is 98.0 Å². The maximum Gasteiger partial charge on any atom is 0.453 e. The van der Waals surface area contributed by atoms with Crippen molar-refractivity contribution in [2.75, 3.05) is 0 Å². The van der Waals surface area contributed by atoms with Crippen LogP contribution >= 0.6 is 0 Å². The number of rotatable bonds is 15. The summed E-state index contributed by atoms with van der Waals surface area (Å²) >= 11 is 0. The van der Waals surface area contributed by atoms with Gasteiger partial charge in [0.05, 0.1) is 18.1 Å². The number of phenolic OH excluding ortho intramolecular Hbond substituents is 1.